The zero-order valence-corrected chi connectivity index (χ0v) is 17.3. The summed E-state index contributed by atoms with van der Waals surface area (Å²) in [5.41, 5.74) is 1.71. The number of anilines is 1. The van der Waals surface area contributed by atoms with Gasteiger partial charge in [0.15, 0.2) is 0 Å². The lowest BCUT2D eigenvalue weighted by Gasteiger charge is -2.52. The van der Waals surface area contributed by atoms with Crippen molar-refractivity contribution < 1.29 is 14.4 Å². The van der Waals surface area contributed by atoms with E-state index in [1.807, 2.05) is 39.9 Å². The van der Waals surface area contributed by atoms with Crippen LogP contribution in [0.2, 0.25) is 0 Å². The number of amides is 3. The van der Waals surface area contributed by atoms with Crippen molar-refractivity contribution in [3.05, 3.63) is 30.5 Å². The highest BCUT2D eigenvalue weighted by Crippen LogP contribution is 2.38. The van der Waals surface area contributed by atoms with Crippen LogP contribution in [0, 0.1) is 11.8 Å². The van der Waals surface area contributed by atoms with Gasteiger partial charge in [0.05, 0.1) is 11.2 Å². The van der Waals surface area contributed by atoms with Crippen LogP contribution in [0.3, 0.4) is 0 Å². The number of fused-ring (bicyclic) bond motifs is 5. The van der Waals surface area contributed by atoms with E-state index < -0.39 is 0 Å². The third-order valence-corrected chi connectivity index (χ3v) is 6.96. The summed E-state index contributed by atoms with van der Waals surface area (Å²) in [5, 5.41) is 3.79. The van der Waals surface area contributed by atoms with Crippen LogP contribution in [-0.4, -0.2) is 57.8 Å². The van der Waals surface area contributed by atoms with E-state index in [4.69, 9.17) is 0 Å². The molecule has 3 saturated heterocycles. The minimum absolute atomic E-state index is 0.110. The maximum Gasteiger partial charge on any atom is 0.242 e. The largest absolute Gasteiger partial charge is 0.340 e. The highest BCUT2D eigenvalue weighted by molar-refractivity contribution is 6.01. The quantitative estimate of drug-likeness (QED) is 0.848. The van der Waals surface area contributed by atoms with Crippen LogP contribution in [0.1, 0.15) is 32.6 Å². The second kappa shape index (κ2) is 7.45. The second-order valence-electron chi connectivity index (χ2n) is 9.03. The van der Waals surface area contributed by atoms with Crippen LogP contribution in [0.25, 0.3) is 10.9 Å². The summed E-state index contributed by atoms with van der Waals surface area (Å²) in [6.07, 6.45) is 5.77. The first-order valence-corrected chi connectivity index (χ1v) is 10.9. The highest BCUT2D eigenvalue weighted by Gasteiger charge is 2.44. The smallest absolute Gasteiger partial charge is 0.242 e. The number of carbonyl (C=O) groups is 3. The van der Waals surface area contributed by atoms with Crippen LogP contribution in [0.15, 0.2) is 30.5 Å². The summed E-state index contributed by atoms with van der Waals surface area (Å²) < 4.78 is 1.96. The standard InChI is InChI=1S/C23H28N4O3/c1-15(28)24-19-4-2-6-21-18(19)8-9-25(21)14-23(30)26-11-16-10-17(13-26)20-5-3-7-22(29)27(20)12-16/h2,4,6,8-9,16-17,20H,3,5,7,10-14H2,1H3,(H,24,28)/t16-,17+,20+/m1/s1. The van der Waals surface area contributed by atoms with Crippen molar-refractivity contribution in [1.29, 1.82) is 0 Å². The fourth-order valence-electron chi connectivity index (χ4n) is 5.72. The van der Waals surface area contributed by atoms with E-state index in [-0.39, 0.29) is 11.8 Å². The maximum atomic E-state index is 13.2. The van der Waals surface area contributed by atoms with E-state index in [1.54, 1.807) is 0 Å². The van der Waals surface area contributed by atoms with Crippen molar-refractivity contribution in [2.75, 3.05) is 25.0 Å². The lowest BCUT2D eigenvalue weighted by molar-refractivity contribution is -0.148. The predicted molar refractivity (Wildman–Crippen MR) is 114 cm³/mol. The Morgan fingerprint density at radius 2 is 2.03 bits per heavy atom. The molecular formula is C23H28N4O3. The van der Waals surface area contributed by atoms with Crippen LogP contribution in [0.4, 0.5) is 5.69 Å². The Labute approximate surface area is 176 Å². The molecule has 30 heavy (non-hydrogen) atoms. The van der Waals surface area contributed by atoms with E-state index in [1.165, 1.54) is 6.92 Å². The molecule has 3 aliphatic heterocycles. The molecule has 3 fully saturated rings. The molecule has 3 aliphatic rings. The number of nitrogens with one attached hydrogen (secondary N) is 1. The molecule has 0 aliphatic carbocycles. The number of hydrogen-bond donors (Lipinski definition) is 1. The molecular weight excluding hydrogens is 380 g/mol. The monoisotopic (exact) mass is 408 g/mol. The number of benzene rings is 1. The van der Waals surface area contributed by atoms with Gasteiger partial charge in [-0.05, 0) is 49.3 Å². The van der Waals surface area contributed by atoms with Gasteiger partial charge in [0.2, 0.25) is 17.7 Å². The van der Waals surface area contributed by atoms with E-state index >= 15 is 0 Å². The van der Waals surface area contributed by atoms with Crippen LogP contribution >= 0.6 is 0 Å². The topological polar surface area (TPSA) is 74.6 Å². The molecule has 0 spiro atoms. The molecule has 2 bridgehead atoms. The molecule has 0 unspecified atom stereocenters. The zero-order chi connectivity index (χ0) is 20.8. The summed E-state index contributed by atoms with van der Waals surface area (Å²) in [4.78, 5) is 41.1. The molecule has 7 nitrogen and oxygen atoms in total. The Balaban J connectivity index is 1.32. The molecule has 7 heteroatoms. The summed E-state index contributed by atoms with van der Waals surface area (Å²) >= 11 is 0. The van der Waals surface area contributed by atoms with E-state index in [9.17, 15) is 14.4 Å². The van der Waals surface area contributed by atoms with Crippen molar-refractivity contribution in [3.63, 3.8) is 0 Å². The maximum absolute atomic E-state index is 13.2. The van der Waals surface area contributed by atoms with Gasteiger partial charge in [0.1, 0.15) is 6.54 Å². The van der Waals surface area contributed by atoms with Crippen molar-refractivity contribution in [1.82, 2.24) is 14.4 Å². The second-order valence-corrected chi connectivity index (χ2v) is 9.03. The lowest BCUT2D eigenvalue weighted by Crippen LogP contribution is -2.61. The van der Waals surface area contributed by atoms with E-state index in [0.29, 0.717) is 36.8 Å². The van der Waals surface area contributed by atoms with Crippen molar-refractivity contribution in [3.8, 4) is 0 Å². The summed E-state index contributed by atoms with van der Waals surface area (Å²) in [7, 11) is 0. The van der Waals surface area contributed by atoms with Crippen LogP contribution in [-0.2, 0) is 20.9 Å². The SMILES string of the molecule is CC(=O)Nc1cccc2c1ccn2CC(=O)N1C[C@H]2C[C@@H](C1)[C@@H]1CCCC(=O)N1C2. The van der Waals surface area contributed by atoms with Gasteiger partial charge in [0, 0.05) is 50.6 Å². The number of piperidine rings is 3. The normalized spacial score (nSPS) is 25.9. The van der Waals surface area contributed by atoms with Crippen LogP contribution < -0.4 is 5.32 Å². The Kier molecular flexibility index (Phi) is 4.76. The Morgan fingerprint density at radius 1 is 1.17 bits per heavy atom. The zero-order valence-electron chi connectivity index (χ0n) is 17.3. The van der Waals surface area contributed by atoms with Crippen LogP contribution in [0.5, 0.6) is 0 Å². The highest BCUT2D eigenvalue weighted by atomic mass is 16.2. The Morgan fingerprint density at radius 3 is 2.87 bits per heavy atom. The van der Waals surface area contributed by atoms with Gasteiger partial charge in [0.25, 0.3) is 0 Å². The molecule has 0 saturated carbocycles. The van der Waals surface area contributed by atoms with Gasteiger partial charge < -0.3 is 19.7 Å². The Hall–Kier alpha value is -2.83. The van der Waals surface area contributed by atoms with E-state index in [2.05, 4.69) is 10.2 Å². The van der Waals surface area contributed by atoms with Gasteiger partial charge in [-0.25, -0.2) is 0 Å². The van der Waals surface area contributed by atoms with Gasteiger partial charge in [-0.3, -0.25) is 14.4 Å². The molecule has 1 aromatic carbocycles. The number of nitrogens with zero attached hydrogens (tertiary/aromatic N) is 3. The van der Waals surface area contributed by atoms with Gasteiger partial charge in [-0.15, -0.1) is 0 Å². The molecule has 2 aromatic rings. The summed E-state index contributed by atoms with van der Waals surface area (Å²) in [6, 6.07) is 8.01. The fourth-order valence-corrected chi connectivity index (χ4v) is 5.72. The number of likely N-dealkylation sites (tertiary alicyclic amines) is 1. The van der Waals surface area contributed by atoms with Crippen molar-refractivity contribution in [2.24, 2.45) is 11.8 Å². The third-order valence-electron chi connectivity index (χ3n) is 6.96. The minimum atomic E-state index is -0.110. The number of rotatable bonds is 3. The molecule has 158 valence electrons. The summed E-state index contributed by atoms with van der Waals surface area (Å²) in [6.45, 7) is 4.08. The predicted octanol–water partition coefficient (Wildman–Crippen LogP) is 2.46. The van der Waals surface area contributed by atoms with Gasteiger partial charge in [-0.1, -0.05) is 6.07 Å². The number of hydrogen-bond acceptors (Lipinski definition) is 3. The fraction of sp³-hybridized carbons (Fsp3) is 0.522. The first-order chi connectivity index (χ1) is 14.5. The first-order valence-electron chi connectivity index (χ1n) is 10.9. The van der Waals surface area contributed by atoms with Crippen molar-refractivity contribution >= 4 is 34.3 Å². The number of aromatic nitrogens is 1. The van der Waals surface area contributed by atoms with Gasteiger partial charge in [-0.2, -0.15) is 0 Å². The number of carbonyl (C=O) groups excluding carboxylic acids is 3. The van der Waals surface area contributed by atoms with Crippen molar-refractivity contribution in [2.45, 2.75) is 45.2 Å². The molecule has 1 N–H and O–H groups in total. The molecule has 3 atom stereocenters. The Bertz CT molecular complexity index is 1010. The third kappa shape index (κ3) is 3.36. The molecule has 4 heterocycles. The lowest BCUT2D eigenvalue weighted by atomic mass is 9.76. The average molecular weight is 409 g/mol. The molecule has 5 rings (SSSR count). The average Bonchev–Trinajstić information content (AvgIpc) is 3.12. The van der Waals surface area contributed by atoms with E-state index in [0.717, 1.165) is 55.5 Å². The molecule has 1 aromatic heterocycles. The first kappa shape index (κ1) is 19.2. The van der Waals surface area contributed by atoms with Gasteiger partial charge >= 0.3 is 0 Å². The molecule has 0 radical (unpaired) electrons. The summed E-state index contributed by atoms with van der Waals surface area (Å²) in [5.74, 6) is 1.11. The molecule has 3 amide bonds. The minimum Gasteiger partial charge on any atom is -0.340 e.